The molecule has 1 saturated heterocycles. The van der Waals surface area contributed by atoms with E-state index in [0.29, 0.717) is 26.1 Å². The van der Waals surface area contributed by atoms with Gasteiger partial charge in [0.25, 0.3) is 0 Å². The first-order valence-corrected chi connectivity index (χ1v) is 8.77. The Morgan fingerprint density at radius 1 is 1.21 bits per heavy atom. The van der Waals surface area contributed by atoms with Crippen LogP contribution in [0.4, 0.5) is 0 Å². The third-order valence-electron chi connectivity index (χ3n) is 4.33. The molecule has 0 saturated carbocycles. The summed E-state index contributed by atoms with van der Waals surface area (Å²) in [5.74, 6) is -0.150. The van der Waals surface area contributed by atoms with Crippen molar-refractivity contribution in [2.45, 2.75) is 69.7 Å². The van der Waals surface area contributed by atoms with E-state index in [9.17, 15) is 9.90 Å². The van der Waals surface area contributed by atoms with Crippen molar-refractivity contribution in [3.8, 4) is 0 Å². The quantitative estimate of drug-likeness (QED) is 0.312. The molecule has 0 amide bonds. The SMILES string of the molecule is COCCOCO[C@H]1[C@H](O)C[C@@H](CCCCCC(=O)OC)N[C@H]1C. The van der Waals surface area contributed by atoms with Crippen molar-refractivity contribution in [2.24, 2.45) is 0 Å². The van der Waals surface area contributed by atoms with Crippen molar-refractivity contribution in [1.29, 1.82) is 0 Å². The van der Waals surface area contributed by atoms with Crippen LogP contribution in [0, 0.1) is 0 Å². The molecule has 0 aromatic carbocycles. The lowest BCUT2D eigenvalue weighted by Gasteiger charge is -2.39. The van der Waals surface area contributed by atoms with Gasteiger partial charge >= 0.3 is 5.97 Å². The largest absolute Gasteiger partial charge is 0.469 e. The highest BCUT2D eigenvalue weighted by molar-refractivity contribution is 5.68. The Morgan fingerprint density at radius 3 is 2.67 bits per heavy atom. The van der Waals surface area contributed by atoms with Crippen molar-refractivity contribution in [3.63, 3.8) is 0 Å². The van der Waals surface area contributed by atoms with Gasteiger partial charge < -0.3 is 29.4 Å². The molecule has 1 heterocycles. The number of piperidine rings is 1. The zero-order chi connectivity index (χ0) is 17.8. The summed E-state index contributed by atoms with van der Waals surface area (Å²) in [7, 11) is 3.04. The zero-order valence-corrected chi connectivity index (χ0v) is 15.2. The molecule has 0 radical (unpaired) electrons. The van der Waals surface area contributed by atoms with Gasteiger partial charge in [-0.2, -0.15) is 0 Å². The topological polar surface area (TPSA) is 86.3 Å². The third kappa shape index (κ3) is 8.39. The van der Waals surface area contributed by atoms with Crippen molar-refractivity contribution < 1.29 is 28.8 Å². The summed E-state index contributed by atoms with van der Waals surface area (Å²) >= 11 is 0. The van der Waals surface area contributed by atoms with Crippen LogP contribution in [0.5, 0.6) is 0 Å². The second kappa shape index (κ2) is 12.6. The molecule has 1 aliphatic heterocycles. The third-order valence-corrected chi connectivity index (χ3v) is 4.33. The molecule has 142 valence electrons. The van der Waals surface area contributed by atoms with Crippen molar-refractivity contribution in [3.05, 3.63) is 0 Å². The van der Waals surface area contributed by atoms with E-state index in [0.717, 1.165) is 25.7 Å². The number of carbonyl (C=O) groups excluding carboxylic acids is 1. The van der Waals surface area contributed by atoms with Gasteiger partial charge in [0.15, 0.2) is 0 Å². The lowest BCUT2D eigenvalue weighted by atomic mass is 9.91. The van der Waals surface area contributed by atoms with Gasteiger partial charge in [0.1, 0.15) is 12.9 Å². The highest BCUT2D eigenvalue weighted by Gasteiger charge is 2.34. The second-order valence-corrected chi connectivity index (χ2v) is 6.28. The highest BCUT2D eigenvalue weighted by atomic mass is 16.7. The van der Waals surface area contributed by atoms with Crippen LogP contribution in [0.1, 0.15) is 45.4 Å². The van der Waals surface area contributed by atoms with Crippen LogP contribution in [-0.2, 0) is 23.7 Å². The predicted octanol–water partition coefficient (Wildman–Crippen LogP) is 1.23. The number of aliphatic hydroxyl groups excluding tert-OH is 1. The number of rotatable bonds is 12. The highest BCUT2D eigenvalue weighted by Crippen LogP contribution is 2.21. The molecule has 24 heavy (non-hydrogen) atoms. The molecule has 0 bridgehead atoms. The average Bonchev–Trinajstić information content (AvgIpc) is 2.56. The van der Waals surface area contributed by atoms with Gasteiger partial charge in [0.05, 0.1) is 26.4 Å². The van der Waals surface area contributed by atoms with E-state index < -0.39 is 6.10 Å². The van der Waals surface area contributed by atoms with Gasteiger partial charge in [-0.3, -0.25) is 4.79 Å². The van der Waals surface area contributed by atoms with Gasteiger partial charge in [0, 0.05) is 25.6 Å². The van der Waals surface area contributed by atoms with Crippen LogP contribution >= 0.6 is 0 Å². The van der Waals surface area contributed by atoms with Gasteiger partial charge in [-0.05, 0) is 26.2 Å². The summed E-state index contributed by atoms with van der Waals surface area (Å²) in [6.45, 7) is 3.19. The standard InChI is InChI=1S/C17H33NO6/c1-13-17(24-12-23-10-9-21-2)15(19)11-14(18-13)7-5-4-6-8-16(20)22-3/h13-15,17-19H,4-12H2,1-3H3/t13-,14+,15+,17+/m0/s1. The van der Waals surface area contributed by atoms with E-state index in [1.54, 1.807) is 7.11 Å². The van der Waals surface area contributed by atoms with Crippen molar-refractivity contribution in [1.82, 2.24) is 5.32 Å². The van der Waals surface area contributed by atoms with E-state index >= 15 is 0 Å². The van der Waals surface area contributed by atoms with Crippen LogP contribution in [0.3, 0.4) is 0 Å². The van der Waals surface area contributed by atoms with E-state index in [-0.39, 0.29) is 30.9 Å². The summed E-state index contributed by atoms with van der Waals surface area (Å²) < 4.78 is 20.5. The Kier molecular flexibility index (Phi) is 11.2. The molecule has 0 spiro atoms. The summed E-state index contributed by atoms with van der Waals surface area (Å²) in [4.78, 5) is 11.0. The minimum absolute atomic E-state index is 0.0693. The molecule has 2 N–H and O–H groups in total. The van der Waals surface area contributed by atoms with Crippen LogP contribution in [0.15, 0.2) is 0 Å². The van der Waals surface area contributed by atoms with Crippen LogP contribution in [0.25, 0.3) is 0 Å². The van der Waals surface area contributed by atoms with Crippen LogP contribution in [-0.4, -0.2) is 69.6 Å². The molecule has 0 aromatic heterocycles. The summed E-state index contributed by atoms with van der Waals surface area (Å²) in [6.07, 6.45) is 4.25. The van der Waals surface area contributed by atoms with E-state index in [1.807, 2.05) is 6.92 Å². The zero-order valence-electron chi connectivity index (χ0n) is 15.2. The second-order valence-electron chi connectivity index (χ2n) is 6.28. The molecule has 1 fully saturated rings. The number of carbonyl (C=O) groups is 1. The van der Waals surface area contributed by atoms with Crippen LogP contribution < -0.4 is 5.32 Å². The Bertz CT molecular complexity index is 329. The minimum Gasteiger partial charge on any atom is -0.469 e. The van der Waals surface area contributed by atoms with Crippen LogP contribution in [0.2, 0.25) is 0 Å². The molecule has 1 aliphatic rings. The Balaban J connectivity index is 2.16. The van der Waals surface area contributed by atoms with E-state index in [2.05, 4.69) is 10.1 Å². The average molecular weight is 347 g/mol. The number of methoxy groups -OCH3 is 2. The number of hydrogen-bond donors (Lipinski definition) is 2. The summed E-state index contributed by atoms with van der Waals surface area (Å²) in [6, 6.07) is 0.349. The number of ether oxygens (including phenoxy) is 4. The lowest BCUT2D eigenvalue weighted by molar-refractivity contribution is -0.150. The number of hydrogen-bond acceptors (Lipinski definition) is 7. The first kappa shape index (κ1) is 21.3. The molecule has 1 rings (SSSR count). The maximum Gasteiger partial charge on any atom is 0.305 e. The van der Waals surface area contributed by atoms with Gasteiger partial charge in [-0.1, -0.05) is 12.8 Å². The molecule has 7 heteroatoms. The monoisotopic (exact) mass is 347 g/mol. The predicted molar refractivity (Wildman–Crippen MR) is 89.7 cm³/mol. The van der Waals surface area contributed by atoms with Crippen molar-refractivity contribution >= 4 is 5.97 Å². The Hall–Kier alpha value is -0.730. The smallest absolute Gasteiger partial charge is 0.305 e. The normalized spacial score (nSPS) is 27.2. The molecule has 0 aliphatic carbocycles. The Labute approximate surface area is 145 Å². The molecule has 0 unspecified atom stereocenters. The summed E-state index contributed by atoms with van der Waals surface area (Å²) in [5.41, 5.74) is 0. The Morgan fingerprint density at radius 2 is 2.00 bits per heavy atom. The fourth-order valence-electron chi connectivity index (χ4n) is 3.02. The molecule has 0 aromatic rings. The summed E-state index contributed by atoms with van der Waals surface area (Å²) in [5, 5.41) is 13.8. The van der Waals surface area contributed by atoms with Gasteiger partial charge in [0.2, 0.25) is 0 Å². The molecule has 7 nitrogen and oxygen atoms in total. The first-order valence-electron chi connectivity index (χ1n) is 8.77. The van der Waals surface area contributed by atoms with Gasteiger partial charge in [-0.15, -0.1) is 0 Å². The maximum absolute atomic E-state index is 11.0. The number of unbranched alkanes of at least 4 members (excludes halogenated alkanes) is 2. The minimum atomic E-state index is -0.493. The molecular weight excluding hydrogens is 314 g/mol. The number of aliphatic hydroxyl groups is 1. The van der Waals surface area contributed by atoms with E-state index in [4.69, 9.17) is 14.2 Å². The number of nitrogens with one attached hydrogen (secondary N) is 1. The lowest BCUT2D eigenvalue weighted by Crippen LogP contribution is -2.56. The fraction of sp³-hybridized carbons (Fsp3) is 0.941. The van der Waals surface area contributed by atoms with E-state index in [1.165, 1.54) is 7.11 Å². The van der Waals surface area contributed by atoms with Gasteiger partial charge in [-0.25, -0.2) is 0 Å². The maximum atomic E-state index is 11.0. The number of esters is 1. The molecule has 4 atom stereocenters. The van der Waals surface area contributed by atoms with Crippen molar-refractivity contribution in [2.75, 3.05) is 34.2 Å². The fourth-order valence-corrected chi connectivity index (χ4v) is 3.02. The molecular formula is C17H33NO6. The first-order chi connectivity index (χ1) is 11.6.